The lowest BCUT2D eigenvalue weighted by atomic mass is 10.0. The van der Waals surface area contributed by atoms with Crippen LogP contribution >= 0.6 is 34.8 Å². The number of halogens is 3. The minimum Gasteiger partial charge on any atom is -0.392 e. The second-order valence-corrected chi connectivity index (χ2v) is 5.91. The van der Waals surface area contributed by atoms with E-state index in [0.29, 0.717) is 28.0 Å². The van der Waals surface area contributed by atoms with Gasteiger partial charge in [0, 0.05) is 35.5 Å². The number of hydrogen-bond donors (Lipinski definition) is 1. The summed E-state index contributed by atoms with van der Waals surface area (Å²) in [6, 6.07) is 5.30. The monoisotopic (exact) mass is 332 g/mol. The van der Waals surface area contributed by atoms with Gasteiger partial charge in [-0.05, 0) is 24.6 Å². The van der Waals surface area contributed by atoms with Gasteiger partial charge in [0.1, 0.15) is 5.15 Å². The molecule has 0 saturated carbocycles. The van der Waals surface area contributed by atoms with Gasteiger partial charge in [0.25, 0.3) is 0 Å². The van der Waals surface area contributed by atoms with Gasteiger partial charge in [0.15, 0.2) is 0 Å². The number of benzene rings is 1. The van der Waals surface area contributed by atoms with Crippen molar-refractivity contribution in [2.75, 3.05) is 0 Å². The topological polar surface area (TPSA) is 38.0 Å². The molecule has 1 N–H and O–H groups in total. The van der Waals surface area contributed by atoms with Crippen molar-refractivity contribution >= 4 is 34.8 Å². The van der Waals surface area contributed by atoms with Gasteiger partial charge in [0.05, 0.1) is 11.8 Å². The summed E-state index contributed by atoms with van der Waals surface area (Å²) < 4.78 is 1.60. The summed E-state index contributed by atoms with van der Waals surface area (Å²) in [4.78, 5) is 0. The van der Waals surface area contributed by atoms with E-state index in [1.54, 1.807) is 29.9 Å². The summed E-state index contributed by atoms with van der Waals surface area (Å²) in [6.07, 6.45) is 0.177. The van der Waals surface area contributed by atoms with Crippen molar-refractivity contribution in [1.29, 1.82) is 0 Å². The van der Waals surface area contributed by atoms with Crippen molar-refractivity contribution in [2.24, 2.45) is 7.05 Å². The highest BCUT2D eigenvalue weighted by Crippen LogP contribution is 2.27. The van der Waals surface area contributed by atoms with Crippen molar-refractivity contribution in [3.8, 4) is 0 Å². The van der Waals surface area contributed by atoms with Crippen molar-refractivity contribution in [2.45, 2.75) is 25.9 Å². The zero-order chi connectivity index (χ0) is 14.9. The van der Waals surface area contributed by atoms with E-state index in [1.165, 1.54) is 0 Å². The maximum absolute atomic E-state index is 10.3. The second-order valence-electron chi connectivity index (χ2n) is 4.74. The Bertz CT molecular complexity index is 605. The van der Waals surface area contributed by atoms with Gasteiger partial charge in [-0.3, -0.25) is 4.68 Å². The molecule has 20 heavy (non-hydrogen) atoms. The van der Waals surface area contributed by atoms with Gasteiger partial charge < -0.3 is 5.11 Å². The summed E-state index contributed by atoms with van der Waals surface area (Å²) in [5.74, 6) is 0. The number of nitrogens with zero attached hydrogens (tertiary/aromatic N) is 2. The third kappa shape index (κ3) is 3.29. The lowest BCUT2D eigenvalue weighted by molar-refractivity contribution is 0.175. The molecule has 1 atom stereocenters. The molecule has 0 radical (unpaired) electrons. The van der Waals surface area contributed by atoms with E-state index in [1.807, 2.05) is 6.92 Å². The van der Waals surface area contributed by atoms with Crippen LogP contribution in [-0.2, 0) is 19.9 Å². The van der Waals surface area contributed by atoms with Gasteiger partial charge in [-0.2, -0.15) is 5.10 Å². The van der Waals surface area contributed by atoms with Crippen molar-refractivity contribution in [3.63, 3.8) is 0 Å². The smallest absolute Gasteiger partial charge is 0.130 e. The van der Waals surface area contributed by atoms with Crippen molar-refractivity contribution < 1.29 is 5.11 Å². The van der Waals surface area contributed by atoms with Crippen LogP contribution in [0.4, 0.5) is 0 Å². The van der Waals surface area contributed by atoms with Crippen LogP contribution in [-0.4, -0.2) is 21.0 Å². The molecule has 1 unspecified atom stereocenters. The molecule has 0 fully saturated rings. The molecule has 0 spiro atoms. The predicted molar refractivity (Wildman–Crippen MR) is 82.8 cm³/mol. The molecular formula is C14H15Cl3N2O. The Morgan fingerprint density at radius 1 is 1.15 bits per heavy atom. The summed E-state index contributed by atoms with van der Waals surface area (Å²) in [6.45, 7) is 1.87. The van der Waals surface area contributed by atoms with E-state index in [2.05, 4.69) is 5.10 Å². The molecular weight excluding hydrogens is 319 g/mol. The SMILES string of the molecule is Cc1nn(C)c(Cl)c1CC(O)Cc1c(Cl)cccc1Cl. The molecule has 2 rings (SSSR count). The molecule has 0 amide bonds. The Labute approximate surface area is 133 Å². The molecule has 1 heterocycles. The summed E-state index contributed by atoms with van der Waals surface area (Å²) in [7, 11) is 1.77. The highest BCUT2D eigenvalue weighted by Gasteiger charge is 2.17. The van der Waals surface area contributed by atoms with E-state index in [-0.39, 0.29) is 0 Å². The van der Waals surface area contributed by atoms with Gasteiger partial charge in [-0.25, -0.2) is 0 Å². The van der Waals surface area contributed by atoms with Gasteiger partial charge in [-0.1, -0.05) is 40.9 Å². The zero-order valence-corrected chi connectivity index (χ0v) is 13.5. The molecule has 2 aromatic rings. The minimum absolute atomic E-state index is 0.378. The Kier molecular flexibility index (Phi) is 4.97. The highest BCUT2D eigenvalue weighted by atomic mass is 35.5. The van der Waals surface area contributed by atoms with Crippen LogP contribution in [0.2, 0.25) is 15.2 Å². The third-order valence-electron chi connectivity index (χ3n) is 3.21. The van der Waals surface area contributed by atoms with Crippen LogP contribution in [0.1, 0.15) is 16.8 Å². The largest absolute Gasteiger partial charge is 0.392 e. The van der Waals surface area contributed by atoms with E-state index < -0.39 is 6.10 Å². The predicted octanol–water partition coefficient (Wildman–Crippen LogP) is 3.83. The average Bonchev–Trinajstić information content (AvgIpc) is 2.61. The first-order valence-electron chi connectivity index (χ1n) is 6.19. The molecule has 108 valence electrons. The molecule has 0 aliphatic carbocycles. The van der Waals surface area contributed by atoms with Crippen LogP contribution < -0.4 is 0 Å². The number of aryl methyl sites for hydroxylation is 2. The first-order valence-corrected chi connectivity index (χ1v) is 7.32. The fraction of sp³-hybridized carbons (Fsp3) is 0.357. The van der Waals surface area contributed by atoms with E-state index >= 15 is 0 Å². The fourth-order valence-corrected chi connectivity index (χ4v) is 2.98. The minimum atomic E-state index is -0.618. The van der Waals surface area contributed by atoms with Crippen LogP contribution in [0.15, 0.2) is 18.2 Å². The van der Waals surface area contributed by atoms with Crippen LogP contribution in [0.3, 0.4) is 0 Å². The number of rotatable bonds is 4. The molecule has 0 saturated heterocycles. The fourth-order valence-electron chi connectivity index (χ4n) is 2.18. The number of aliphatic hydroxyl groups is 1. The van der Waals surface area contributed by atoms with Gasteiger partial charge >= 0.3 is 0 Å². The van der Waals surface area contributed by atoms with E-state index in [0.717, 1.165) is 16.8 Å². The number of hydrogen-bond acceptors (Lipinski definition) is 2. The Morgan fingerprint density at radius 3 is 2.20 bits per heavy atom. The lowest BCUT2D eigenvalue weighted by Gasteiger charge is -2.13. The van der Waals surface area contributed by atoms with E-state index in [9.17, 15) is 5.11 Å². The van der Waals surface area contributed by atoms with E-state index in [4.69, 9.17) is 34.8 Å². The van der Waals surface area contributed by atoms with Gasteiger partial charge in [-0.15, -0.1) is 0 Å². The standard InChI is InChI=1S/C14H15Cl3N2O/c1-8-10(14(17)19(2)18-8)6-9(20)7-11-12(15)4-3-5-13(11)16/h3-5,9,20H,6-7H2,1-2H3. The number of aliphatic hydroxyl groups excluding tert-OH is 1. The maximum Gasteiger partial charge on any atom is 0.130 e. The normalized spacial score (nSPS) is 12.7. The van der Waals surface area contributed by atoms with Crippen LogP contribution in [0.5, 0.6) is 0 Å². The Morgan fingerprint density at radius 2 is 1.70 bits per heavy atom. The molecule has 0 aliphatic heterocycles. The zero-order valence-electron chi connectivity index (χ0n) is 11.2. The average molecular weight is 334 g/mol. The summed E-state index contributed by atoms with van der Waals surface area (Å²) in [5, 5.41) is 16.1. The maximum atomic E-state index is 10.3. The Hall–Kier alpha value is -0.740. The number of aromatic nitrogens is 2. The molecule has 1 aromatic heterocycles. The van der Waals surface area contributed by atoms with Gasteiger partial charge in [0.2, 0.25) is 0 Å². The molecule has 1 aromatic carbocycles. The summed E-state index contributed by atoms with van der Waals surface area (Å²) in [5.41, 5.74) is 2.42. The molecule has 3 nitrogen and oxygen atoms in total. The molecule has 0 bridgehead atoms. The van der Waals surface area contributed by atoms with Crippen molar-refractivity contribution in [3.05, 3.63) is 50.2 Å². The quantitative estimate of drug-likeness (QED) is 0.923. The first-order chi connectivity index (χ1) is 9.40. The Balaban J connectivity index is 2.15. The first kappa shape index (κ1) is 15.6. The second kappa shape index (κ2) is 6.35. The lowest BCUT2D eigenvalue weighted by Crippen LogP contribution is -2.15. The molecule has 6 heteroatoms. The van der Waals surface area contributed by atoms with Crippen molar-refractivity contribution in [1.82, 2.24) is 9.78 Å². The highest BCUT2D eigenvalue weighted by molar-refractivity contribution is 6.36. The molecule has 0 aliphatic rings. The van der Waals surface area contributed by atoms with Crippen LogP contribution in [0, 0.1) is 6.92 Å². The third-order valence-corrected chi connectivity index (χ3v) is 4.39. The summed E-state index contributed by atoms with van der Waals surface area (Å²) >= 11 is 18.4. The van der Waals surface area contributed by atoms with Crippen LogP contribution in [0.25, 0.3) is 0 Å².